The molecule has 9 nitrogen and oxygen atoms in total. The number of anilines is 1. The van der Waals surface area contributed by atoms with Crippen LogP contribution in [0.3, 0.4) is 0 Å². The number of carbonyl (C=O) groups excluding carboxylic acids is 1. The van der Waals surface area contributed by atoms with Crippen LogP contribution in [0, 0.1) is 5.82 Å². The summed E-state index contributed by atoms with van der Waals surface area (Å²) >= 11 is 5.75. The summed E-state index contributed by atoms with van der Waals surface area (Å²) in [6.45, 7) is 3.62. The van der Waals surface area contributed by atoms with Crippen molar-refractivity contribution in [3.8, 4) is 5.75 Å². The van der Waals surface area contributed by atoms with Gasteiger partial charge >= 0.3 is 12.1 Å². The number of amides is 1. The number of carboxylic acids is 1. The second-order valence-corrected chi connectivity index (χ2v) is 11.7. The number of pyridine rings is 1. The van der Waals surface area contributed by atoms with Gasteiger partial charge in [-0.3, -0.25) is 19.3 Å². The number of rotatable bonds is 8. The second-order valence-electron chi connectivity index (χ2n) is 11.3. The Bertz CT molecular complexity index is 1680. The van der Waals surface area contributed by atoms with Crippen molar-refractivity contribution in [1.29, 1.82) is 0 Å². The van der Waals surface area contributed by atoms with Crippen molar-refractivity contribution in [2.75, 3.05) is 31.6 Å². The Kier molecular flexibility index (Phi) is 8.56. The molecule has 3 aromatic rings. The average Bonchev–Trinajstić information content (AvgIpc) is 3.79. The number of nitrogens with one attached hydrogen (secondary N) is 1. The monoisotopic (exact) mass is 638 g/mol. The van der Waals surface area contributed by atoms with E-state index in [1.54, 1.807) is 9.47 Å². The van der Waals surface area contributed by atoms with E-state index in [1.165, 1.54) is 19.4 Å². The Labute approximate surface area is 254 Å². The molecule has 1 aromatic heterocycles. The molecule has 2 fully saturated rings. The molecule has 1 aliphatic heterocycles. The number of benzene rings is 2. The molecule has 2 N–H and O–H groups in total. The second kappa shape index (κ2) is 11.9. The number of halogens is 5. The summed E-state index contributed by atoms with van der Waals surface area (Å²) in [5.74, 6) is -2.52. The maximum atomic E-state index is 15.9. The third-order valence-electron chi connectivity index (χ3n) is 8.14. The summed E-state index contributed by atoms with van der Waals surface area (Å²) in [7, 11) is 1.36. The van der Waals surface area contributed by atoms with Gasteiger partial charge in [0.25, 0.3) is 5.91 Å². The number of aliphatic carboxylic acids is 1. The quantitative estimate of drug-likeness (QED) is 0.332. The van der Waals surface area contributed by atoms with E-state index >= 15 is 4.39 Å². The van der Waals surface area contributed by atoms with Crippen LogP contribution < -0.4 is 20.4 Å². The molecule has 44 heavy (non-hydrogen) atoms. The maximum absolute atomic E-state index is 15.9. The minimum absolute atomic E-state index is 0.101. The van der Waals surface area contributed by atoms with E-state index in [4.69, 9.17) is 16.3 Å². The topological polar surface area (TPSA) is 104 Å². The van der Waals surface area contributed by atoms with E-state index in [2.05, 4.69) is 5.32 Å². The van der Waals surface area contributed by atoms with E-state index in [1.807, 2.05) is 18.7 Å². The number of carboxylic acid groups (broad SMARTS) is 1. The highest BCUT2D eigenvalue weighted by Crippen LogP contribution is 2.44. The highest BCUT2D eigenvalue weighted by atomic mass is 35.5. The van der Waals surface area contributed by atoms with Gasteiger partial charge in [-0.25, -0.2) is 4.39 Å². The molecule has 1 saturated carbocycles. The molecule has 2 aliphatic rings. The lowest BCUT2D eigenvalue weighted by Crippen LogP contribution is -2.58. The maximum Gasteiger partial charge on any atom is 0.416 e. The van der Waals surface area contributed by atoms with Gasteiger partial charge in [0.05, 0.1) is 30.1 Å². The SMILES string of the molecule is COc1c(N2C[C@@H](C)N(CC(=O)O)[C@@H](C)C2)c(F)cc2c(=O)c(C(=O)NCc3ccc(Cl)cc3C(F)(F)F)cn(C3CC3)c12. The van der Waals surface area contributed by atoms with Crippen molar-refractivity contribution in [3.63, 3.8) is 0 Å². The molecule has 1 saturated heterocycles. The Balaban J connectivity index is 1.54. The number of piperazine rings is 1. The Hall–Kier alpha value is -3.84. The molecule has 0 radical (unpaired) electrons. The molecule has 2 aromatic carbocycles. The number of fused-ring (bicyclic) bond motifs is 1. The minimum atomic E-state index is -4.71. The van der Waals surface area contributed by atoms with E-state index in [-0.39, 0.29) is 57.6 Å². The summed E-state index contributed by atoms with van der Waals surface area (Å²) in [5, 5.41) is 11.5. The molecule has 1 amide bonds. The van der Waals surface area contributed by atoms with Crippen LogP contribution in [-0.4, -0.2) is 65.3 Å². The fourth-order valence-electron chi connectivity index (χ4n) is 5.98. The van der Waals surface area contributed by atoms with Crippen molar-refractivity contribution in [3.05, 3.63) is 68.2 Å². The van der Waals surface area contributed by atoms with E-state index in [9.17, 15) is 32.7 Å². The van der Waals surface area contributed by atoms with Crippen LogP contribution in [0.1, 0.15) is 54.2 Å². The molecule has 5 rings (SSSR count). The van der Waals surface area contributed by atoms with Gasteiger partial charge < -0.3 is 24.6 Å². The van der Waals surface area contributed by atoms with Gasteiger partial charge in [-0.2, -0.15) is 13.2 Å². The first-order valence-corrected chi connectivity index (χ1v) is 14.4. The Morgan fingerprint density at radius 2 is 1.80 bits per heavy atom. The number of nitrogens with zero attached hydrogens (tertiary/aromatic N) is 3. The summed E-state index contributed by atoms with van der Waals surface area (Å²) in [4.78, 5) is 41.8. The van der Waals surface area contributed by atoms with Crippen LogP contribution >= 0.6 is 11.6 Å². The molecule has 1 aliphatic carbocycles. The zero-order valence-electron chi connectivity index (χ0n) is 24.2. The normalized spacial score (nSPS) is 19.3. The summed E-state index contributed by atoms with van der Waals surface area (Å²) in [6.07, 6.45) is -1.89. The molecule has 0 unspecified atom stereocenters. The highest BCUT2D eigenvalue weighted by molar-refractivity contribution is 6.30. The highest BCUT2D eigenvalue weighted by Gasteiger charge is 2.36. The number of methoxy groups -OCH3 is 1. The van der Waals surface area contributed by atoms with Crippen LogP contribution in [0.4, 0.5) is 23.2 Å². The van der Waals surface area contributed by atoms with Crippen LogP contribution in [-0.2, 0) is 17.5 Å². The predicted octanol–water partition coefficient (Wildman–Crippen LogP) is 5.07. The summed E-state index contributed by atoms with van der Waals surface area (Å²) in [6, 6.07) is 3.68. The van der Waals surface area contributed by atoms with Gasteiger partial charge in [-0.15, -0.1) is 0 Å². The zero-order valence-corrected chi connectivity index (χ0v) is 24.9. The van der Waals surface area contributed by atoms with Gasteiger partial charge in [-0.05, 0) is 50.5 Å². The molecule has 236 valence electrons. The lowest BCUT2D eigenvalue weighted by atomic mass is 10.0. The predicted molar refractivity (Wildman–Crippen MR) is 156 cm³/mol. The van der Waals surface area contributed by atoms with Crippen LogP contribution in [0.2, 0.25) is 5.02 Å². The average molecular weight is 639 g/mol. The molecule has 2 atom stereocenters. The van der Waals surface area contributed by atoms with E-state index in [0.717, 1.165) is 31.0 Å². The van der Waals surface area contributed by atoms with Crippen LogP contribution in [0.15, 0.2) is 35.3 Å². The summed E-state index contributed by atoms with van der Waals surface area (Å²) < 4.78 is 64.0. The first-order valence-electron chi connectivity index (χ1n) is 14.0. The number of aromatic nitrogens is 1. The molecule has 14 heteroatoms. The smallest absolute Gasteiger partial charge is 0.416 e. The molecular formula is C30H31ClF4N4O5. The fourth-order valence-corrected chi connectivity index (χ4v) is 6.15. The minimum Gasteiger partial charge on any atom is -0.492 e. The van der Waals surface area contributed by atoms with Crippen molar-refractivity contribution in [2.24, 2.45) is 0 Å². The van der Waals surface area contributed by atoms with Crippen LogP contribution in [0.5, 0.6) is 5.75 Å². The molecular weight excluding hydrogens is 608 g/mol. The first-order chi connectivity index (χ1) is 20.7. The van der Waals surface area contributed by atoms with Gasteiger partial charge in [-0.1, -0.05) is 17.7 Å². The zero-order chi connectivity index (χ0) is 32.1. The fraction of sp³-hybridized carbons (Fsp3) is 0.433. The largest absolute Gasteiger partial charge is 0.492 e. The lowest BCUT2D eigenvalue weighted by Gasteiger charge is -2.45. The number of ether oxygens (including phenoxy) is 1. The Morgan fingerprint density at radius 1 is 1.14 bits per heavy atom. The lowest BCUT2D eigenvalue weighted by molar-refractivity contribution is -0.140. The molecule has 2 heterocycles. The number of carbonyl (C=O) groups is 2. The van der Waals surface area contributed by atoms with Crippen molar-refractivity contribution in [1.82, 2.24) is 14.8 Å². The van der Waals surface area contributed by atoms with Gasteiger partial charge in [0.2, 0.25) is 5.43 Å². The molecule has 0 spiro atoms. The van der Waals surface area contributed by atoms with Crippen molar-refractivity contribution in [2.45, 2.75) is 57.5 Å². The number of hydrogen-bond donors (Lipinski definition) is 2. The van der Waals surface area contributed by atoms with E-state index in [0.29, 0.717) is 18.6 Å². The summed E-state index contributed by atoms with van der Waals surface area (Å²) in [5.41, 5.74) is -1.95. The Morgan fingerprint density at radius 3 is 2.36 bits per heavy atom. The molecule has 0 bridgehead atoms. The van der Waals surface area contributed by atoms with E-state index < -0.39 is 41.4 Å². The first kappa shape index (κ1) is 31.6. The third-order valence-corrected chi connectivity index (χ3v) is 8.37. The number of hydrogen-bond acceptors (Lipinski definition) is 6. The van der Waals surface area contributed by atoms with Gasteiger partial charge in [0.1, 0.15) is 11.3 Å². The van der Waals surface area contributed by atoms with Crippen LogP contribution in [0.25, 0.3) is 10.9 Å². The van der Waals surface area contributed by atoms with Gasteiger partial charge in [0, 0.05) is 49.0 Å². The van der Waals surface area contributed by atoms with Crippen molar-refractivity contribution >= 4 is 40.1 Å². The standard InChI is InChI=1S/C30H31ClF4N4O5/c1-15-11-37(12-16(2)38(15)14-24(40)41)26-23(32)9-20-25(28(26)44-3)39(19-6-7-19)13-21(27(20)42)29(43)36-10-17-4-5-18(31)8-22(17)30(33,34)35/h4-5,8-9,13,15-16,19H,6-7,10-12,14H2,1-3H3,(H,36,43)(H,40,41)/t15-,16+. The van der Waals surface area contributed by atoms with Crippen molar-refractivity contribution < 1.29 is 37.0 Å². The number of alkyl halides is 3. The van der Waals surface area contributed by atoms with Gasteiger partial charge in [0.15, 0.2) is 11.6 Å². The third kappa shape index (κ3) is 6.07.